The molecule has 0 spiro atoms. The summed E-state index contributed by atoms with van der Waals surface area (Å²) in [5.41, 5.74) is 6.01. The molecule has 17 heavy (non-hydrogen) atoms. The Morgan fingerprint density at radius 2 is 1.88 bits per heavy atom. The predicted molar refractivity (Wildman–Crippen MR) is 63.0 cm³/mol. The van der Waals surface area contributed by atoms with Gasteiger partial charge in [0, 0.05) is 5.56 Å². The number of aromatic nitrogens is 1. The molecule has 0 saturated heterocycles. The van der Waals surface area contributed by atoms with Gasteiger partial charge >= 0.3 is 5.97 Å². The molecular weight excluding hydrogens is 240 g/mol. The number of benzene rings is 1. The maximum Gasteiger partial charge on any atom is 0.348 e. The van der Waals surface area contributed by atoms with Gasteiger partial charge in [-0.1, -0.05) is 30.3 Å². The number of primary amides is 1. The fourth-order valence-electron chi connectivity index (χ4n) is 1.36. The lowest BCUT2D eigenvalue weighted by atomic mass is 10.1. The van der Waals surface area contributed by atoms with Crippen molar-refractivity contribution in [2.24, 2.45) is 5.73 Å². The largest absolute Gasteiger partial charge is 0.477 e. The first-order chi connectivity index (χ1) is 8.09. The molecule has 3 N–H and O–H groups in total. The summed E-state index contributed by atoms with van der Waals surface area (Å²) < 4.78 is 0. The number of carbonyl (C=O) groups excluding carboxylic acids is 1. The number of rotatable bonds is 3. The van der Waals surface area contributed by atoms with Crippen LogP contribution in [0.2, 0.25) is 0 Å². The van der Waals surface area contributed by atoms with Crippen LogP contribution in [-0.2, 0) is 0 Å². The highest BCUT2D eigenvalue weighted by molar-refractivity contribution is 7.15. The van der Waals surface area contributed by atoms with E-state index in [1.165, 1.54) is 0 Å². The van der Waals surface area contributed by atoms with Crippen molar-refractivity contribution in [1.82, 2.24) is 4.98 Å². The summed E-state index contributed by atoms with van der Waals surface area (Å²) in [5.74, 6) is -1.84. The molecule has 0 bridgehead atoms. The molecule has 0 aliphatic carbocycles. The third kappa shape index (κ3) is 2.16. The highest BCUT2D eigenvalue weighted by atomic mass is 32.1. The fraction of sp³-hybridized carbons (Fsp3) is 0. The molecule has 0 unspecified atom stereocenters. The minimum atomic E-state index is -1.12. The summed E-state index contributed by atoms with van der Waals surface area (Å²) in [6.45, 7) is 0. The third-order valence-electron chi connectivity index (χ3n) is 2.08. The maximum atomic E-state index is 11.0. The molecule has 2 aromatic rings. The summed E-state index contributed by atoms with van der Waals surface area (Å²) in [6, 6.07) is 8.80. The maximum absolute atomic E-state index is 11.0. The van der Waals surface area contributed by atoms with E-state index in [-0.39, 0.29) is 15.6 Å². The Kier molecular flexibility index (Phi) is 2.88. The number of hydrogen-bond acceptors (Lipinski definition) is 4. The van der Waals surface area contributed by atoms with Gasteiger partial charge in [0.05, 0.1) is 5.69 Å². The highest BCUT2D eigenvalue weighted by Gasteiger charge is 2.20. The number of carboxylic acid groups (broad SMARTS) is 1. The molecule has 0 aliphatic rings. The Bertz CT molecular complexity index is 578. The first-order valence-corrected chi connectivity index (χ1v) is 5.50. The summed E-state index contributed by atoms with van der Waals surface area (Å²) in [4.78, 5) is 26.0. The van der Waals surface area contributed by atoms with Crippen LogP contribution < -0.4 is 5.73 Å². The summed E-state index contributed by atoms with van der Waals surface area (Å²) in [6.07, 6.45) is 0. The molecule has 1 heterocycles. The van der Waals surface area contributed by atoms with Crippen LogP contribution in [0.15, 0.2) is 30.3 Å². The Balaban J connectivity index is 2.60. The summed E-state index contributed by atoms with van der Waals surface area (Å²) in [7, 11) is 0. The molecule has 0 radical (unpaired) electrons. The van der Waals surface area contributed by atoms with Gasteiger partial charge < -0.3 is 10.8 Å². The lowest BCUT2D eigenvalue weighted by Crippen LogP contribution is -2.10. The molecular formula is C11H8N2O3S. The van der Waals surface area contributed by atoms with E-state index >= 15 is 0 Å². The molecule has 1 amide bonds. The van der Waals surface area contributed by atoms with Crippen LogP contribution >= 0.6 is 11.3 Å². The van der Waals surface area contributed by atoms with Crippen LogP contribution in [0, 0.1) is 0 Å². The molecule has 5 nitrogen and oxygen atoms in total. The Labute approximate surface area is 101 Å². The van der Waals surface area contributed by atoms with Gasteiger partial charge in [-0.15, -0.1) is 11.3 Å². The van der Waals surface area contributed by atoms with Gasteiger partial charge in [-0.2, -0.15) is 0 Å². The zero-order valence-corrected chi connectivity index (χ0v) is 9.40. The second kappa shape index (κ2) is 4.34. The molecule has 1 aromatic heterocycles. The standard InChI is InChI=1S/C11H8N2O3S/c12-9(14)10-13-7(8(17-10)11(15)16)6-4-2-1-3-5-6/h1-5H,(H2,12,14)(H,15,16). The first kappa shape index (κ1) is 11.3. The van der Waals surface area contributed by atoms with Crippen LogP contribution in [0.3, 0.4) is 0 Å². The van der Waals surface area contributed by atoms with Crippen LogP contribution in [0.4, 0.5) is 0 Å². The van der Waals surface area contributed by atoms with Gasteiger partial charge in [0.2, 0.25) is 0 Å². The lowest BCUT2D eigenvalue weighted by Gasteiger charge is -1.97. The second-order valence-corrected chi connectivity index (χ2v) is 4.23. The molecule has 1 aromatic carbocycles. The van der Waals surface area contributed by atoms with E-state index in [2.05, 4.69) is 4.98 Å². The van der Waals surface area contributed by atoms with E-state index in [9.17, 15) is 9.59 Å². The number of carbonyl (C=O) groups is 2. The number of nitrogens with two attached hydrogens (primary N) is 1. The Hall–Kier alpha value is -2.21. The minimum absolute atomic E-state index is 0.00116. The molecule has 0 fully saturated rings. The molecule has 0 aliphatic heterocycles. The van der Waals surface area contributed by atoms with Crippen molar-refractivity contribution in [1.29, 1.82) is 0 Å². The molecule has 0 atom stereocenters. The van der Waals surface area contributed by atoms with Crippen LogP contribution in [-0.4, -0.2) is 22.0 Å². The van der Waals surface area contributed by atoms with E-state index in [4.69, 9.17) is 10.8 Å². The summed E-state index contributed by atoms with van der Waals surface area (Å²) >= 11 is 0.785. The van der Waals surface area contributed by atoms with Crippen molar-refractivity contribution in [3.8, 4) is 11.3 Å². The molecule has 6 heteroatoms. The van der Waals surface area contributed by atoms with Gasteiger partial charge in [0.15, 0.2) is 5.01 Å². The number of thiazole rings is 1. The zero-order chi connectivity index (χ0) is 12.4. The predicted octanol–water partition coefficient (Wildman–Crippen LogP) is 1.61. The van der Waals surface area contributed by atoms with Crippen molar-refractivity contribution in [2.75, 3.05) is 0 Å². The van der Waals surface area contributed by atoms with E-state index in [0.29, 0.717) is 5.56 Å². The Morgan fingerprint density at radius 3 is 2.41 bits per heavy atom. The number of nitrogens with zero attached hydrogens (tertiary/aromatic N) is 1. The van der Waals surface area contributed by atoms with E-state index in [0.717, 1.165) is 11.3 Å². The average Bonchev–Trinajstić information content (AvgIpc) is 2.75. The van der Waals surface area contributed by atoms with Crippen LogP contribution in [0.5, 0.6) is 0 Å². The van der Waals surface area contributed by atoms with Crippen molar-refractivity contribution in [3.05, 3.63) is 40.2 Å². The minimum Gasteiger partial charge on any atom is -0.477 e. The molecule has 86 valence electrons. The second-order valence-electron chi connectivity index (χ2n) is 3.23. The number of carboxylic acids is 1. The zero-order valence-electron chi connectivity index (χ0n) is 8.58. The number of hydrogen-bond donors (Lipinski definition) is 2. The van der Waals surface area contributed by atoms with Gasteiger partial charge in [-0.05, 0) is 0 Å². The van der Waals surface area contributed by atoms with E-state index in [1.807, 2.05) is 6.07 Å². The van der Waals surface area contributed by atoms with Crippen molar-refractivity contribution >= 4 is 23.2 Å². The smallest absolute Gasteiger partial charge is 0.348 e. The van der Waals surface area contributed by atoms with E-state index in [1.54, 1.807) is 24.3 Å². The lowest BCUT2D eigenvalue weighted by molar-refractivity contribution is 0.0702. The SMILES string of the molecule is NC(=O)c1nc(-c2ccccc2)c(C(=O)O)s1. The first-order valence-electron chi connectivity index (χ1n) is 4.69. The number of aromatic carboxylic acids is 1. The summed E-state index contributed by atoms with van der Waals surface area (Å²) in [5, 5.41) is 9.04. The highest BCUT2D eigenvalue weighted by Crippen LogP contribution is 2.27. The van der Waals surface area contributed by atoms with Crippen molar-refractivity contribution in [2.45, 2.75) is 0 Å². The molecule has 2 rings (SSSR count). The van der Waals surface area contributed by atoms with Gasteiger partial charge in [-0.25, -0.2) is 9.78 Å². The molecule has 0 saturated carbocycles. The average molecular weight is 248 g/mol. The van der Waals surface area contributed by atoms with E-state index < -0.39 is 11.9 Å². The van der Waals surface area contributed by atoms with Crippen molar-refractivity contribution in [3.63, 3.8) is 0 Å². The van der Waals surface area contributed by atoms with Crippen molar-refractivity contribution < 1.29 is 14.7 Å². The van der Waals surface area contributed by atoms with Gasteiger partial charge in [0.1, 0.15) is 4.88 Å². The quantitative estimate of drug-likeness (QED) is 0.862. The monoisotopic (exact) mass is 248 g/mol. The van der Waals surface area contributed by atoms with Crippen LogP contribution in [0.25, 0.3) is 11.3 Å². The fourth-order valence-corrected chi connectivity index (χ4v) is 2.14. The topological polar surface area (TPSA) is 93.3 Å². The van der Waals surface area contributed by atoms with Gasteiger partial charge in [-0.3, -0.25) is 4.79 Å². The third-order valence-corrected chi connectivity index (χ3v) is 3.14. The van der Waals surface area contributed by atoms with Crippen LogP contribution in [0.1, 0.15) is 19.5 Å². The van der Waals surface area contributed by atoms with Gasteiger partial charge in [0.25, 0.3) is 5.91 Å². The Morgan fingerprint density at radius 1 is 1.24 bits per heavy atom. The normalized spacial score (nSPS) is 10.1. The number of amides is 1.